The van der Waals surface area contributed by atoms with Crippen molar-refractivity contribution in [2.24, 2.45) is 10.9 Å². The lowest BCUT2D eigenvalue weighted by molar-refractivity contribution is -0.384. The number of pyridine rings is 1. The second-order valence-corrected chi connectivity index (χ2v) is 8.37. The Morgan fingerprint density at radius 1 is 1.12 bits per heavy atom. The summed E-state index contributed by atoms with van der Waals surface area (Å²) in [5.41, 5.74) is 3.18. The predicted octanol–water partition coefficient (Wildman–Crippen LogP) is 5.37. The van der Waals surface area contributed by atoms with Gasteiger partial charge in [0.15, 0.2) is 0 Å². The SMILES string of the molecule is CC1=Nc2ccnc(OC(C)C)c2C(c2cccc([N+](=O)[O-])c2)C1C(=O)OCc1ccccc1. The highest BCUT2D eigenvalue weighted by Gasteiger charge is 2.41. The molecule has 3 aromatic rings. The Labute approximate surface area is 197 Å². The zero-order valence-electron chi connectivity index (χ0n) is 19.2. The summed E-state index contributed by atoms with van der Waals surface area (Å²) in [4.78, 5) is 33.5. The fourth-order valence-electron chi connectivity index (χ4n) is 4.13. The van der Waals surface area contributed by atoms with E-state index in [1.165, 1.54) is 12.1 Å². The van der Waals surface area contributed by atoms with Crippen LogP contribution in [0.25, 0.3) is 0 Å². The lowest BCUT2D eigenvalue weighted by atomic mass is 9.76. The molecule has 0 saturated carbocycles. The van der Waals surface area contributed by atoms with Gasteiger partial charge in [0.1, 0.15) is 12.5 Å². The number of hydrogen-bond donors (Lipinski definition) is 0. The van der Waals surface area contributed by atoms with Crippen molar-refractivity contribution in [1.29, 1.82) is 0 Å². The minimum Gasteiger partial charge on any atom is -0.475 e. The van der Waals surface area contributed by atoms with Gasteiger partial charge in [-0.05, 0) is 38.0 Å². The van der Waals surface area contributed by atoms with Crippen molar-refractivity contribution in [1.82, 2.24) is 4.98 Å². The summed E-state index contributed by atoms with van der Waals surface area (Å²) in [5, 5.41) is 11.5. The van der Waals surface area contributed by atoms with Crippen LogP contribution in [0.15, 0.2) is 71.9 Å². The zero-order chi connectivity index (χ0) is 24.2. The molecule has 0 amide bonds. The van der Waals surface area contributed by atoms with E-state index in [1.807, 2.05) is 44.2 Å². The minimum atomic E-state index is -0.795. The van der Waals surface area contributed by atoms with E-state index in [-0.39, 0.29) is 18.4 Å². The number of fused-ring (bicyclic) bond motifs is 1. The quantitative estimate of drug-likeness (QED) is 0.267. The highest BCUT2D eigenvalue weighted by atomic mass is 16.6. The summed E-state index contributed by atoms with van der Waals surface area (Å²) in [7, 11) is 0. The maximum Gasteiger partial charge on any atom is 0.315 e. The van der Waals surface area contributed by atoms with E-state index in [4.69, 9.17) is 9.47 Å². The summed E-state index contributed by atoms with van der Waals surface area (Å²) >= 11 is 0. The number of ether oxygens (including phenoxy) is 2. The number of nitrogens with zero attached hydrogens (tertiary/aromatic N) is 3. The Bertz CT molecular complexity index is 1240. The number of hydrogen-bond acceptors (Lipinski definition) is 7. The number of esters is 1. The van der Waals surface area contributed by atoms with Gasteiger partial charge in [0.05, 0.1) is 16.7 Å². The van der Waals surface area contributed by atoms with Crippen LogP contribution in [-0.2, 0) is 16.1 Å². The Morgan fingerprint density at radius 3 is 2.59 bits per heavy atom. The maximum atomic E-state index is 13.4. The normalized spacial score (nSPS) is 17.0. The second-order valence-electron chi connectivity index (χ2n) is 8.37. The topological polar surface area (TPSA) is 104 Å². The smallest absolute Gasteiger partial charge is 0.315 e. The Morgan fingerprint density at radius 2 is 1.88 bits per heavy atom. The molecule has 1 aromatic heterocycles. The van der Waals surface area contributed by atoms with Gasteiger partial charge in [0, 0.05) is 35.5 Å². The minimum absolute atomic E-state index is 0.0640. The molecule has 174 valence electrons. The maximum absolute atomic E-state index is 13.4. The van der Waals surface area contributed by atoms with Gasteiger partial charge in [-0.1, -0.05) is 42.5 Å². The summed E-state index contributed by atoms with van der Waals surface area (Å²) < 4.78 is 11.7. The highest BCUT2D eigenvalue weighted by Crippen LogP contribution is 2.47. The standard InChI is InChI=1S/C26H25N3O5/c1-16(2)34-25-24-21(12-13-27-25)28-17(3)22(26(30)33-15-18-8-5-4-6-9-18)23(24)19-10-7-11-20(14-19)29(31)32/h4-14,16,22-23H,15H2,1-3H3. The molecule has 4 rings (SSSR count). The number of aromatic nitrogens is 1. The van der Waals surface area contributed by atoms with E-state index >= 15 is 0 Å². The first-order valence-corrected chi connectivity index (χ1v) is 11.0. The molecule has 2 aromatic carbocycles. The zero-order valence-corrected chi connectivity index (χ0v) is 19.2. The Kier molecular flexibility index (Phi) is 6.67. The van der Waals surface area contributed by atoms with Crippen molar-refractivity contribution in [2.75, 3.05) is 0 Å². The average Bonchev–Trinajstić information content (AvgIpc) is 2.82. The van der Waals surface area contributed by atoms with Gasteiger partial charge in [-0.3, -0.25) is 19.9 Å². The van der Waals surface area contributed by atoms with Gasteiger partial charge >= 0.3 is 5.97 Å². The van der Waals surface area contributed by atoms with Crippen LogP contribution in [0.2, 0.25) is 0 Å². The molecule has 34 heavy (non-hydrogen) atoms. The number of benzene rings is 2. The molecule has 2 heterocycles. The summed E-state index contributed by atoms with van der Waals surface area (Å²) in [6.07, 6.45) is 1.44. The van der Waals surface area contributed by atoms with Crippen molar-refractivity contribution in [3.8, 4) is 5.88 Å². The number of nitro benzene ring substituents is 1. The molecule has 8 heteroatoms. The summed E-state index contributed by atoms with van der Waals surface area (Å²) in [5.74, 6) is -1.53. The van der Waals surface area contributed by atoms with Crippen LogP contribution in [-0.4, -0.2) is 27.7 Å². The Hall–Kier alpha value is -4.07. The third kappa shape index (κ3) is 4.80. The molecule has 0 N–H and O–H groups in total. The van der Waals surface area contributed by atoms with Gasteiger partial charge in [-0.2, -0.15) is 0 Å². The van der Waals surface area contributed by atoms with Crippen LogP contribution in [0.4, 0.5) is 11.4 Å². The third-order valence-electron chi connectivity index (χ3n) is 5.59. The van der Waals surface area contributed by atoms with Crippen LogP contribution in [0.5, 0.6) is 5.88 Å². The first kappa shape index (κ1) is 23.1. The molecule has 0 fully saturated rings. The van der Waals surface area contributed by atoms with Crippen LogP contribution in [0.3, 0.4) is 0 Å². The molecule has 0 radical (unpaired) electrons. The molecule has 0 saturated heterocycles. The van der Waals surface area contributed by atoms with E-state index in [9.17, 15) is 14.9 Å². The van der Waals surface area contributed by atoms with E-state index in [1.54, 1.807) is 31.3 Å². The summed E-state index contributed by atoms with van der Waals surface area (Å²) in [6.45, 7) is 5.64. The second kappa shape index (κ2) is 9.82. The van der Waals surface area contributed by atoms with Gasteiger partial charge < -0.3 is 9.47 Å². The number of carbonyl (C=O) groups is 1. The fraction of sp³-hybridized carbons (Fsp3) is 0.269. The van der Waals surface area contributed by atoms with Crippen LogP contribution < -0.4 is 4.74 Å². The fourth-order valence-corrected chi connectivity index (χ4v) is 4.13. The van der Waals surface area contributed by atoms with Crippen LogP contribution in [0, 0.1) is 16.0 Å². The number of carbonyl (C=O) groups excluding carboxylic acids is 1. The van der Waals surface area contributed by atoms with Gasteiger partial charge in [0.2, 0.25) is 5.88 Å². The average molecular weight is 460 g/mol. The summed E-state index contributed by atoms with van der Waals surface area (Å²) in [6, 6.07) is 17.4. The van der Waals surface area contributed by atoms with Gasteiger partial charge in [-0.25, -0.2) is 4.98 Å². The van der Waals surface area contributed by atoms with Crippen molar-refractivity contribution in [3.05, 3.63) is 93.7 Å². The molecule has 1 aliphatic heterocycles. The van der Waals surface area contributed by atoms with Crippen molar-refractivity contribution >= 4 is 23.1 Å². The first-order valence-electron chi connectivity index (χ1n) is 11.0. The van der Waals surface area contributed by atoms with Crippen molar-refractivity contribution < 1.29 is 19.2 Å². The largest absolute Gasteiger partial charge is 0.475 e. The molecular formula is C26H25N3O5. The Balaban J connectivity index is 1.81. The van der Waals surface area contributed by atoms with E-state index < -0.39 is 22.7 Å². The lowest BCUT2D eigenvalue weighted by Crippen LogP contribution is -2.34. The van der Waals surface area contributed by atoms with Crippen LogP contribution >= 0.6 is 0 Å². The lowest BCUT2D eigenvalue weighted by Gasteiger charge is -2.32. The molecule has 0 spiro atoms. The molecule has 0 bridgehead atoms. The first-order chi connectivity index (χ1) is 16.3. The van der Waals surface area contributed by atoms with E-state index in [0.29, 0.717) is 28.4 Å². The molecule has 0 aliphatic carbocycles. The molecular weight excluding hydrogens is 434 g/mol. The van der Waals surface area contributed by atoms with E-state index in [0.717, 1.165) is 5.56 Å². The van der Waals surface area contributed by atoms with Crippen molar-refractivity contribution in [3.63, 3.8) is 0 Å². The molecule has 1 aliphatic rings. The van der Waals surface area contributed by atoms with Gasteiger partial charge in [-0.15, -0.1) is 0 Å². The predicted molar refractivity (Wildman–Crippen MR) is 127 cm³/mol. The van der Waals surface area contributed by atoms with Gasteiger partial charge in [0.25, 0.3) is 5.69 Å². The number of nitro groups is 1. The molecule has 2 unspecified atom stereocenters. The molecule has 2 atom stereocenters. The monoisotopic (exact) mass is 459 g/mol. The number of non-ortho nitro benzene ring substituents is 1. The number of rotatable bonds is 7. The highest BCUT2D eigenvalue weighted by molar-refractivity contribution is 6.05. The van der Waals surface area contributed by atoms with Crippen LogP contribution in [0.1, 0.15) is 43.4 Å². The van der Waals surface area contributed by atoms with Crippen molar-refractivity contribution in [2.45, 2.75) is 39.4 Å². The third-order valence-corrected chi connectivity index (χ3v) is 5.59. The molecule has 8 nitrogen and oxygen atoms in total. The van der Waals surface area contributed by atoms with E-state index in [2.05, 4.69) is 9.98 Å². The number of aliphatic imine (C=N–C) groups is 1.